The lowest BCUT2D eigenvalue weighted by Gasteiger charge is -2.24. The van der Waals surface area contributed by atoms with Gasteiger partial charge in [-0.2, -0.15) is 0 Å². The Morgan fingerprint density at radius 2 is 1.05 bits per heavy atom. The van der Waals surface area contributed by atoms with Gasteiger partial charge in [0.25, 0.3) is 0 Å². The van der Waals surface area contributed by atoms with E-state index in [9.17, 15) is 14.3 Å². The van der Waals surface area contributed by atoms with Crippen LogP contribution in [0.25, 0.3) is 0 Å². The molecule has 0 heterocycles. The predicted molar refractivity (Wildman–Crippen MR) is 233 cm³/mol. The molecule has 0 radical (unpaired) electrons. The second-order valence-corrected chi connectivity index (χ2v) is 16.4. The summed E-state index contributed by atoms with van der Waals surface area (Å²) >= 11 is 0. The smallest absolute Gasteiger partial charge is 0.457 e. The maximum atomic E-state index is 12.6. The molecule has 55 heavy (non-hydrogen) atoms. The van der Waals surface area contributed by atoms with Crippen molar-refractivity contribution in [1.82, 2.24) is 0 Å². The number of phosphoric acid groups is 1. The number of hydrogen-bond acceptors (Lipinski definition) is 6. The highest BCUT2D eigenvalue weighted by Gasteiger charge is 2.26. The van der Waals surface area contributed by atoms with Gasteiger partial charge in [-0.15, -0.1) is 0 Å². The van der Waals surface area contributed by atoms with Crippen LogP contribution in [0.2, 0.25) is 0 Å². The number of rotatable bonds is 38. The van der Waals surface area contributed by atoms with Crippen LogP contribution in [-0.4, -0.2) is 75.6 Å². The fraction of sp³-hybridized carbons (Fsp3) is 0.674. The summed E-state index contributed by atoms with van der Waals surface area (Å²) in [5.74, 6) is -0.351. The number of ether oxygens (including phenoxy) is 2. The second kappa shape index (κ2) is 38.5. The van der Waals surface area contributed by atoms with Crippen molar-refractivity contribution in [3.8, 4) is 0 Å². The normalized spacial score (nSPS) is 14.7. The highest BCUT2D eigenvalue weighted by atomic mass is 31.2. The van der Waals surface area contributed by atoms with Gasteiger partial charge in [0.05, 0.1) is 34.4 Å². The van der Waals surface area contributed by atoms with Crippen molar-refractivity contribution >= 4 is 13.8 Å². The minimum Gasteiger partial charge on any atom is -0.457 e. The molecule has 0 bridgehead atoms. The number of carbonyl (C=O) groups excluding carboxylic acids is 1. The molecule has 8 nitrogen and oxygen atoms in total. The van der Waals surface area contributed by atoms with Crippen LogP contribution in [0.1, 0.15) is 142 Å². The molecule has 316 valence electrons. The molecule has 0 saturated carbocycles. The Balaban J connectivity index is 4.24. The number of quaternary nitrogens is 1. The molecule has 0 amide bonds. The molecule has 0 aliphatic carbocycles. The van der Waals surface area contributed by atoms with Gasteiger partial charge < -0.3 is 18.9 Å². The quantitative estimate of drug-likeness (QED) is 0.0219. The van der Waals surface area contributed by atoms with Crippen molar-refractivity contribution in [3.05, 3.63) is 85.1 Å². The monoisotopic (exact) mass is 791 g/mol. The SMILES string of the molecule is CC/C=C\C/C=C\C/C=C\C/C=C\C/C=C\C/C=C\C/C=C\CCCCCC(=O)OC(COCCCCCCCCCC)COP(=O)(O)OCC[N+](C)(C)C. The van der Waals surface area contributed by atoms with E-state index in [4.69, 9.17) is 18.5 Å². The molecule has 0 fully saturated rings. The van der Waals surface area contributed by atoms with E-state index in [2.05, 4.69) is 98.9 Å². The first-order valence-corrected chi connectivity index (χ1v) is 22.8. The number of hydrogen-bond donors (Lipinski definition) is 1. The molecule has 0 aromatic rings. The summed E-state index contributed by atoms with van der Waals surface area (Å²) in [7, 11) is 1.63. The van der Waals surface area contributed by atoms with Crippen molar-refractivity contribution in [2.75, 3.05) is 54.1 Å². The summed E-state index contributed by atoms with van der Waals surface area (Å²) in [5.41, 5.74) is 0. The van der Waals surface area contributed by atoms with E-state index in [1.807, 2.05) is 21.1 Å². The Labute approximate surface area is 337 Å². The first-order valence-electron chi connectivity index (χ1n) is 21.3. The van der Waals surface area contributed by atoms with E-state index in [0.29, 0.717) is 17.6 Å². The molecule has 0 saturated heterocycles. The number of nitrogens with zero attached hydrogens (tertiary/aromatic N) is 1. The van der Waals surface area contributed by atoms with Gasteiger partial charge >= 0.3 is 13.8 Å². The van der Waals surface area contributed by atoms with Crippen LogP contribution in [0.3, 0.4) is 0 Å². The molecule has 9 heteroatoms. The predicted octanol–water partition coefficient (Wildman–Crippen LogP) is 12.5. The van der Waals surface area contributed by atoms with Crippen molar-refractivity contribution in [2.45, 2.75) is 148 Å². The van der Waals surface area contributed by atoms with Crippen molar-refractivity contribution in [1.29, 1.82) is 0 Å². The summed E-state index contributed by atoms with van der Waals surface area (Å²) in [6.45, 7) is 5.41. The van der Waals surface area contributed by atoms with Crippen LogP contribution in [0.5, 0.6) is 0 Å². The number of allylic oxidation sites excluding steroid dienone is 14. The molecule has 0 spiro atoms. The minimum atomic E-state index is -4.28. The summed E-state index contributed by atoms with van der Waals surface area (Å²) in [6, 6.07) is 0. The van der Waals surface area contributed by atoms with Gasteiger partial charge in [0.15, 0.2) is 0 Å². The van der Waals surface area contributed by atoms with Gasteiger partial charge in [0, 0.05) is 13.0 Å². The van der Waals surface area contributed by atoms with Gasteiger partial charge in [-0.3, -0.25) is 13.8 Å². The Kier molecular flexibility index (Phi) is 36.9. The summed E-state index contributed by atoms with van der Waals surface area (Å²) in [5, 5.41) is 0. The van der Waals surface area contributed by atoms with Crippen LogP contribution in [0.4, 0.5) is 0 Å². The van der Waals surface area contributed by atoms with Crippen molar-refractivity contribution < 1.29 is 37.3 Å². The molecule has 0 rings (SSSR count). The van der Waals surface area contributed by atoms with E-state index in [1.165, 1.54) is 38.5 Å². The summed E-state index contributed by atoms with van der Waals surface area (Å²) in [6.07, 6.45) is 50.5. The van der Waals surface area contributed by atoms with Gasteiger partial charge in [-0.25, -0.2) is 4.57 Å². The highest BCUT2D eigenvalue weighted by molar-refractivity contribution is 7.47. The fourth-order valence-electron chi connectivity index (χ4n) is 5.18. The van der Waals surface area contributed by atoms with Crippen LogP contribution >= 0.6 is 7.82 Å². The molecule has 0 aromatic carbocycles. The van der Waals surface area contributed by atoms with Crippen LogP contribution in [0.15, 0.2) is 85.1 Å². The van der Waals surface area contributed by atoms with Gasteiger partial charge in [-0.05, 0) is 70.6 Å². The Morgan fingerprint density at radius 3 is 1.56 bits per heavy atom. The summed E-state index contributed by atoms with van der Waals surface area (Å²) in [4.78, 5) is 22.8. The molecule has 0 aliphatic heterocycles. The molecular weight excluding hydrogens is 709 g/mol. The molecule has 2 atom stereocenters. The largest absolute Gasteiger partial charge is 0.472 e. The topological polar surface area (TPSA) is 91.3 Å². The first-order chi connectivity index (χ1) is 26.6. The lowest BCUT2D eigenvalue weighted by molar-refractivity contribution is -0.870. The van der Waals surface area contributed by atoms with Gasteiger partial charge in [0.1, 0.15) is 19.3 Å². The third kappa shape index (κ3) is 42.7. The molecule has 1 N–H and O–H groups in total. The standard InChI is InChI=1S/C46H80NO7P/c1-6-8-10-12-14-16-17-18-19-20-21-22-23-24-25-26-27-28-29-30-31-32-33-35-37-39-46(48)54-45(43-51-41-38-36-34-15-13-11-9-7-2)44-53-55(49,50)52-42-40-47(3,4)5/h8,10,14,16,18-19,21-22,24-25,27-28,30-31,45H,6-7,9,11-13,15,17,20,23,26,29,32-44H2,1-5H3/p+1/b10-8-,16-14-,19-18-,22-21-,25-24-,28-27-,31-30-. The molecule has 0 aromatic heterocycles. The summed E-state index contributed by atoms with van der Waals surface area (Å²) < 4.78 is 34.8. The Hall–Kier alpha value is -2.32. The average Bonchev–Trinajstić information content (AvgIpc) is 3.13. The van der Waals surface area contributed by atoms with E-state index < -0.39 is 13.9 Å². The Morgan fingerprint density at radius 1 is 0.582 bits per heavy atom. The molecular formula is C46H81NO7P+. The lowest BCUT2D eigenvalue weighted by Crippen LogP contribution is -2.37. The zero-order chi connectivity index (χ0) is 40.6. The number of esters is 1. The van der Waals surface area contributed by atoms with E-state index in [1.54, 1.807) is 0 Å². The zero-order valence-corrected chi connectivity index (χ0v) is 36.5. The number of phosphoric ester groups is 1. The van der Waals surface area contributed by atoms with Gasteiger partial charge in [0.2, 0.25) is 0 Å². The van der Waals surface area contributed by atoms with E-state index >= 15 is 0 Å². The lowest BCUT2D eigenvalue weighted by atomic mass is 10.1. The third-order valence-corrected chi connectivity index (χ3v) is 9.46. The average molecular weight is 791 g/mol. The highest BCUT2D eigenvalue weighted by Crippen LogP contribution is 2.43. The second-order valence-electron chi connectivity index (χ2n) is 15.0. The maximum Gasteiger partial charge on any atom is 0.472 e. The number of likely N-dealkylation sites (N-methyl/N-ethyl adjacent to an activating group) is 1. The van der Waals surface area contributed by atoms with Crippen LogP contribution in [-0.2, 0) is 27.9 Å². The molecule has 0 aliphatic rings. The first kappa shape index (κ1) is 52.7. The Bertz CT molecular complexity index is 1150. The maximum absolute atomic E-state index is 12.6. The van der Waals surface area contributed by atoms with Gasteiger partial charge in [-0.1, -0.05) is 150 Å². The van der Waals surface area contributed by atoms with Crippen molar-refractivity contribution in [2.24, 2.45) is 0 Å². The number of unbranched alkanes of at least 4 members (excludes halogenated alkanes) is 10. The molecule has 2 unspecified atom stereocenters. The number of carbonyl (C=O) groups is 1. The van der Waals surface area contributed by atoms with Crippen LogP contribution < -0.4 is 0 Å². The minimum absolute atomic E-state index is 0.0778. The van der Waals surface area contributed by atoms with E-state index in [0.717, 1.165) is 83.5 Å². The van der Waals surface area contributed by atoms with E-state index in [-0.39, 0.29) is 32.2 Å². The van der Waals surface area contributed by atoms with Crippen LogP contribution in [0, 0.1) is 0 Å². The fourth-order valence-corrected chi connectivity index (χ4v) is 5.92. The third-order valence-electron chi connectivity index (χ3n) is 8.47. The van der Waals surface area contributed by atoms with Crippen molar-refractivity contribution in [3.63, 3.8) is 0 Å². The zero-order valence-electron chi connectivity index (χ0n) is 35.6.